The van der Waals surface area contributed by atoms with E-state index in [0.29, 0.717) is 49.3 Å². The minimum atomic E-state index is -1.58. The van der Waals surface area contributed by atoms with Gasteiger partial charge in [0.25, 0.3) is 0 Å². The zero-order chi connectivity index (χ0) is 27.6. The molecule has 0 saturated carbocycles. The van der Waals surface area contributed by atoms with Crippen LogP contribution in [0.5, 0.6) is 0 Å². The van der Waals surface area contributed by atoms with Crippen LogP contribution in [0.3, 0.4) is 0 Å². The summed E-state index contributed by atoms with van der Waals surface area (Å²) in [7, 11) is 0. The predicted octanol–water partition coefficient (Wildman–Crippen LogP) is 5.11. The normalized spacial score (nSPS) is 26.9. The molecule has 1 spiro atoms. The van der Waals surface area contributed by atoms with Crippen LogP contribution in [0.2, 0.25) is 0 Å². The lowest BCUT2D eigenvalue weighted by molar-refractivity contribution is -0.956. The van der Waals surface area contributed by atoms with Gasteiger partial charge in [0.15, 0.2) is 0 Å². The molecule has 2 aromatic rings. The first-order valence-corrected chi connectivity index (χ1v) is 15.2. The molecule has 6 rings (SSSR count). The summed E-state index contributed by atoms with van der Waals surface area (Å²) in [6, 6.07) is 20.1. The van der Waals surface area contributed by atoms with Gasteiger partial charge in [-0.3, -0.25) is 4.79 Å². The van der Waals surface area contributed by atoms with Crippen molar-refractivity contribution in [3.8, 4) is 0 Å². The summed E-state index contributed by atoms with van der Waals surface area (Å²) in [6.45, 7) is 5.32. The first kappa shape index (κ1) is 27.4. The van der Waals surface area contributed by atoms with Crippen LogP contribution in [-0.4, -0.2) is 67.2 Å². The Morgan fingerprint density at radius 2 is 1.40 bits per heavy atom. The Kier molecular flexibility index (Phi) is 7.98. The number of quaternary nitrogens is 1. The number of esters is 2. The molecule has 4 aliphatic heterocycles. The maximum Gasteiger partial charge on any atom is 0.348 e. The number of hydrogen-bond donors (Lipinski definition) is 0. The number of piperidine rings is 1. The van der Waals surface area contributed by atoms with Gasteiger partial charge in [-0.2, -0.15) is 0 Å². The molecule has 2 aromatic carbocycles. The molecule has 2 unspecified atom stereocenters. The first-order chi connectivity index (χ1) is 19.5. The fraction of sp³-hybridized carbons (Fsp3) is 0.576. The number of benzene rings is 2. The van der Waals surface area contributed by atoms with Crippen molar-refractivity contribution in [1.82, 2.24) is 0 Å². The summed E-state index contributed by atoms with van der Waals surface area (Å²) in [5, 5.41) is 0. The summed E-state index contributed by atoms with van der Waals surface area (Å²) >= 11 is 0. The Morgan fingerprint density at radius 1 is 0.850 bits per heavy atom. The third-order valence-corrected chi connectivity index (χ3v) is 9.86. The van der Waals surface area contributed by atoms with Crippen LogP contribution in [0.25, 0.3) is 0 Å². The largest absolute Gasteiger partial charge is 0.459 e. The summed E-state index contributed by atoms with van der Waals surface area (Å²) < 4.78 is 25.5. The van der Waals surface area contributed by atoms with Crippen molar-refractivity contribution >= 4 is 11.9 Å². The van der Waals surface area contributed by atoms with Gasteiger partial charge < -0.3 is 23.4 Å². The van der Waals surface area contributed by atoms with E-state index < -0.39 is 17.9 Å². The second-order valence-corrected chi connectivity index (χ2v) is 12.1. The van der Waals surface area contributed by atoms with Crippen molar-refractivity contribution in [2.75, 3.05) is 26.3 Å². The molecule has 40 heavy (non-hydrogen) atoms. The molecule has 0 N–H and O–H groups in total. The monoisotopic (exact) mass is 548 g/mol. The van der Waals surface area contributed by atoms with E-state index >= 15 is 0 Å². The predicted molar refractivity (Wildman–Crippen MR) is 149 cm³/mol. The van der Waals surface area contributed by atoms with E-state index in [1.165, 1.54) is 43.3 Å². The van der Waals surface area contributed by atoms with Gasteiger partial charge in [-0.1, -0.05) is 60.7 Å². The smallest absolute Gasteiger partial charge is 0.348 e. The molecule has 0 aromatic heterocycles. The van der Waals surface area contributed by atoms with E-state index in [4.69, 9.17) is 18.9 Å². The molecule has 4 fully saturated rings. The molecular formula is C33H42NO6+. The van der Waals surface area contributed by atoms with Crippen molar-refractivity contribution in [3.05, 3.63) is 71.8 Å². The highest BCUT2D eigenvalue weighted by Gasteiger charge is 2.57. The summed E-state index contributed by atoms with van der Waals surface area (Å²) in [4.78, 5) is 27.5. The van der Waals surface area contributed by atoms with Crippen LogP contribution in [-0.2, 0) is 34.1 Å². The highest BCUT2D eigenvalue weighted by atomic mass is 16.7. The van der Waals surface area contributed by atoms with E-state index in [9.17, 15) is 9.59 Å². The standard InChI is InChI=1S/C33H42NO6/c1-24(38-31(35)25-16-20-37-21-17-25)40-33(26-10-4-2-5-11-26,27-12-6-3-7-13-27)32(36)39-30-22-28-14-15-29(23-30)34(28)18-8-9-19-34/h2-7,10-13,24-25,28-30H,8-9,14-23H2,1H3/q+1/t24-,28?,29?,30?/m1/s1. The summed E-state index contributed by atoms with van der Waals surface area (Å²) in [5.41, 5.74) is -0.266. The first-order valence-electron chi connectivity index (χ1n) is 15.2. The molecule has 214 valence electrons. The zero-order valence-corrected chi connectivity index (χ0v) is 23.5. The average molecular weight is 549 g/mol. The minimum absolute atomic E-state index is 0.148. The third kappa shape index (κ3) is 5.08. The van der Waals surface area contributed by atoms with Crippen molar-refractivity contribution in [2.24, 2.45) is 5.92 Å². The average Bonchev–Trinajstić information content (AvgIpc) is 3.53. The van der Waals surface area contributed by atoms with E-state index in [2.05, 4.69) is 0 Å². The van der Waals surface area contributed by atoms with Crippen LogP contribution >= 0.6 is 0 Å². The van der Waals surface area contributed by atoms with Gasteiger partial charge in [0.05, 0.1) is 31.1 Å². The Hall–Kier alpha value is -2.74. The van der Waals surface area contributed by atoms with Gasteiger partial charge >= 0.3 is 11.9 Å². The Balaban J connectivity index is 1.28. The van der Waals surface area contributed by atoms with E-state index in [1.807, 2.05) is 60.7 Å². The fourth-order valence-electron chi connectivity index (χ4n) is 7.94. The molecule has 3 atom stereocenters. The number of nitrogens with zero attached hydrogens (tertiary/aromatic N) is 1. The van der Waals surface area contributed by atoms with Gasteiger partial charge in [0.1, 0.15) is 6.10 Å². The molecule has 2 bridgehead atoms. The topological polar surface area (TPSA) is 71.1 Å². The van der Waals surface area contributed by atoms with E-state index in [0.717, 1.165) is 12.8 Å². The van der Waals surface area contributed by atoms with Gasteiger partial charge in [-0.25, -0.2) is 4.79 Å². The van der Waals surface area contributed by atoms with Crippen LogP contribution in [0.15, 0.2) is 60.7 Å². The van der Waals surface area contributed by atoms with Crippen molar-refractivity contribution in [1.29, 1.82) is 0 Å². The maximum absolute atomic E-state index is 14.5. The zero-order valence-electron chi connectivity index (χ0n) is 23.5. The number of hydrogen-bond acceptors (Lipinski definition) is 6. The summed E-state index contributed by atoms with van der Waals surface area (Å²) in [5.74, 6) is -0.992. The minimum Gasteiger partial charge on any atom is -0.459 e. The summed E-state index contributed by atoms with van der Waals surface area (Å²) in [6.07, 6.45) is 6.98. The molecule has 0 aliphatic carbocycles. The van der Waals surface area contributed by atoms with Crippen LogP contribution in [0.1, 0.15) is 69.4 Å². The number of carbonyl (C=O) groups excluding carboxylic acids is 2. The lowest BCUT2D eigenvalue weighted by Gasteiger charge is -2.47. The van der Waals surface area contributed by atoms with Crippen LogP contribution < -0.4 is 0 Å². The van der Waals surface area contributed by atoms with E-state index in [1.54, 1.807) is 6.92 Å². The van der Waals surface area contributed by atoms with E-state index in [-0.39, 0.29) is 18.0 Å². The number of rotatable bonds is 8. The fourth-order valence-corrected chi connectivity index (χ4v) is 7.94. The molecule has 0 amide bonds. The molecule has 4 saturated heterocycles. The molecule has 0 radical (unpaired) electrons. The number of carbonyl (C=O) groups is 2. The SMILES string of the molecule is C[C@H](OC(=O)C1CCOCC1)OC(C(=O)OC1CC2CCC(C1)[N+]21CCCC1)(c1ccccc1)c1ccccc1. The van der Waals surface area contributed by atoms with Gasteiger partial charge in [0, 0.05) is 51.7 Å². The molecular weight excluding hydrogens is 506 g/mol. The Bertz CT molecular complexity index is 1100. The lowest BCUT2D eigenvalue weighted by Crippen LogP contribution is -2.60. The van der Waals surface area contributed by atoms with Crippen LogP contribution in [0, 0.1) is 5.92 Å². The van der Waals surface area contributed by atoms with Crippen molar-refractivity contribution in [3.63, 3.8) is 0 Å². The van der Waals surface area contributed by atoms with Crippen molar-refractivity contribution < 1.29 is 33.0 Å². The number of ether oxygens (including phenoxy) is 4. The molecule has 7 nitrogen and oxygen atoms in total. The quantitative estimate of drug-likeness (QED) is 0.259. The second kappa shape index (κ2) is 11.6. The maximum atomic E-state index is 14.5. The lowest BCUT2D eigenvalue weighted by atomic mass is 9.85. The molecule has 4 heterocycles. The van der Waals surface area contributed by atoms with Gasteiger partial charge in [-0.05, 0) is 30.9 Å². The van der Waals surface area contributed by atoms with Crippen molar-refractivity contribution in [2.45, 2.75) is 88.4 Å². The van der Waals surface area contributed by atoms with Crippen LogP contribution in [0.4, 0.5) is 0 Å². The second-order valence-electron chi connectivity index (χ2n) is 12.1. The highest BCUT2D eigenvalue weighted by Crippen LogP contribution is 2.47. The Labute approximate surface area is 237 Å². The molecule has 4 aliphatic rings. The van der Waals surface area contributed by atoms with Gasteiger partial charge in [-0.15, -0.1) is 0 Å². The van der Waals surface area contributed by atoms with Gasteiger partial charge in [0.2, 0.25) is 11.9 Å². The highest BCUT2D eigenvalue weighted by molar-refractivity contribution is 5.86. The Morgan fingerprint density at radius 3 is 1.95 bits per heavy atom. The molecule has 7 heteroatoms. The third-order valence-electron chi connectivity index (χ3n) is 9.86.